The monoisotopic (exact) mass is 405 g/mol. The Bertz CT molecular complexity index is 875. The molecule has 2 aromatic carbocycles. The molecule has 0 spiro atoms. The van der Waals surface area contributed by atoms with Gasteiger partial charge in [-0.2, -0.15) is 0 Å². The predicted molar refractivity (Wildman–Crippen MR) is 104 cm³/mol. The van der Waals surface area contributed by atoms with Crippen LogP contribution in [0, 0.1) is 5.82 Å². The predicted octanol–water partition coefficient (Wildman–Crippen LogP) is 1.74. The summed E-state index contributed by atoms with van der Waals surface area (Å²) in [6.45, 7) is 1.25. The van der Waals surface area contributed by atoms with Gasteiger partial charge < -0.3 is 16.4 Å². The maximum Gasteiger partial charge on any atom is 0.243 e. The SMILES string of the molecule is CC(=O)N[C@H](Cc1ccccc1F)C(=O)N[C@@H](Cc1cccc(Cl)c1)C(N)=O. The standard InChI is InChI=1S/C20H21ClFN3O3/c1-12(26)24-18(11-14-6-2-3-8-16(14)22)20(28)25-17(19(23)27)10-13-5-4-7-15(21)9-13/h2-9,17-18H,10-11H2,1H3,(H2,23,27)(H,24,26)(H,25,28)/t17-,18+/m0/s1. The minimum atomic E-state index is -1.06. The lowest BCUT2D eigenvalue weighted by Gasteiger charge is -2.22. The quantitative estimate of drug-likeness (QED) is 0.623. The lowest BCUT2D eigenvalue weighted by atomic mass is 10.0. The summed E-state index contributed by atoms with van der Waals surface area (Å²) < 4.78 is 13.9. The summed E-state index contributed by atoms with van der Waals surface area (Å²) in [6, 6.07) is 10.7. The molecule has 0 bridgehead atoms. The first-order valence-electron chi connectivity index (χ1n) is 8.61. The summed E-state index contributed by atoms with van der Waals surface area (Å²) in [5.41, 5.74) is 6.39. The molecule has 0 aliphatic carbocycles. The topological polar surface area (TPSA) is 101 Å². The minimum absolute atomic E-state index is 0.0687. The van der Waals surface area contributed by atoms with Gasteiger partial charge in [0.25, 0.3) is 0 Å². The largest absolute Gasteiger partial charge is 0.368 e. The molecule has 2 aromatic rings. The van der Waals surface area contributed by atoms with Crippen LogP contribution < -0.4 is 16.4 Å². The van der Waals surface area contributed by atoms with Crippen LogP contribution >= 0.6 is 11.6 Å². The van der Waals surface area contributed by atoms with Crippen molar-refractivity contribution in [3.8, 4) is 0 Å². The summed E-state index contributed by atoms with van der Waals surface area (Å²) in [7, 11) is 0. The molecular formula is C20H21ClFN3O3. The van der Waals surface area contributed by atoms with Gasteiger partial charge in [-0.15, -0.1) is 0 Å². The second-order valence-corrected chi connectivity index (χ2v) is 6.78. The molecule has 3 amide bonds. The third-order valence-corrected chi connectivity index (χ3v) is 4.30. The average Bonchev–Trinajstić information content (AvgIpc) is 2.62. The van der Waals surface area contributed by atoms with Crippen molar-refractivity contribution in [2.75, 3.05) is 0 Å². The highest BCUT2D eigenvalue weighted by molar-refractivity contribution is 6.30. The van der Waals surface area contributed by atoms with Crippen LogP contribution in [-0.2, 0) is 27.2 Å². The van der Waals surface area contributed by atoms with E-state index in [-0.39, 0.29) is 18.4 Å². The molecule has 148 valence electrons. The number of hydrogen-bond acceptors (Lipinski definition) is 3. The Morgan fingerprint density at radius 2 is 1.75 bits per heavy atom. The van der Waals surface area contributed by atoms with Gasteiger partial charge in [0.15, 0.2) is 0 Å². The van der Waals surface area contributed by atoms with Crippen LogP contribution in [0.25, 0.3) is 0 Å². The molecule has 0 aliphatic heterocycles. The van der Waals surface area contributed by atoms with E-state index in [0.717, 1.165) is 0 Å². The van der Waals surface area contributed by atoms with Crippen LogP contribution in [0.1, 0.15) is 18.1 Å². The van der Waals surface area contributed by atoms with Gasteiger partial charge in [-0.3, -0.25) is 14.4 Å². The van der Waals surface area contributed by atoms with E-state index >= 15 is 0 Å². The normalized spacial score (nSPS) is 12.7. The van der Waals surface area contributed by atoms with E-state index in [4.69, 9.17) is 17.3 Å². The number of nitrogens with two attached hydrogens (primary N) is 1. The number of halogens is 2. The summed E-state index contributed by atoms with van der Waals surface area (Å²) in [5.74, 6) is -2.32. The Labute approximate surface area is 167 Å². The summed E-state index contributed by atoms with van der Waals surface area (Å²) in [5, 5.41) is 5.51. The molecule has 2 rings (SSSR count). The van der Waals surface area contributed by atoms with Crippen molar-refractivity contribution < 1.29 is 18.8 Å². The third-order valence-electron chi connectivity index (χ3n) is 4.06. The van der Waals surface area contributed by atoms with E-state index in [1.807, 2.05) is 0 Å². The maximum atomic E-state index is 13.9. The molecule has 0 aliphatic rings. The van der Waals surface area contributed by atoms with E-state index in [0.29, 0.717) is 10.6 Å². The molecule has 0 radical (unpaired) electrons. The molecule has 8 heteroatoms. The zero-order valence-corrected chi connectivity index (χ0v) is 16.0. The van der Waals surface area contributed by atoms with Gasteiger partial charge in [-0.1, -0.05) is 41.9 Å². The highest BCUT2D eigenvalue weighted by Gasteiger charge is 2.26. The molecule has 28 heavy (non-hydrogen) atoms. The Kier molecular flexibility index (Phi) is 7.52. The van der Waals surface area contributed by atoms with E-state index in [1.165, 1.54) is 25.1 Å². The van der Waals surface area contributed by atoms with Crippen LogP contribution in [0.4, 0.5) is 4.39 Å². The Hall–Kier alpha value is -2.93. The zero-order valence-electron chi connectivity index (χ0n) is 15.2. The van der Waals surface area contributed by atoms with Crippen molar-refractivity contribution in [2.45, 2.75) is 31.8 Å². The lowest BCUT2D eigenvalue weighted by Crippen LogP contribution is -2.54. The van der Waals surface area contributed by atoms with Crippen LogP contribution in [0.15, 0.2) is 48.5 Å². The Balaban J connectivity index is 2.15. The summed E-state index contributed by atoms with van der Waals surface area (Å²) >= 11 is 5.94. The molecule has 4 N–H and O–H groups in total. The average molecular weight is 406 g/mol. The number of carbonyl (C=O) groups is 3. The molecule has 6 nitrogen and oxygen atoms in total. The van der Waals surface area contributed by atoms with Gasteiger partial charge in [0.1, 0.15) is 17.9 Å². The van der Waals surface area contributed by atoms with Gasteiger partial charge in [0, 0.05) is 24.8 Å². The molecule has 0 saturated heterocycles. The smallest absolute Gasteiger partial charge is 0.243 e. The number of carbonyl (C=O) groups excluding carboxylic acids is 3. The highest BCUT2D eigenvalue weighted by atomic mass is 35.5. The van der Waals surface area contributed by atoms with Crippen LogP contribution in [0.3, 0.4) is 0 Å². The highest BCUT2D eigenvalue weighted by Crippen LogP contribution is 2.13. The Morgan fingerprint density at radius 3 is 2.36 bits per heavy atom. The number of nitrogens with one attached hydrogen (secondary N) is 2. The molecule has 0 fully saturated rings. The van der Waals surface area contributed by atoms with Crippen molar-refractivity contribution >= 4 is 29.3 Å². The first kappa shape index (κ1) is 21.4. The van der Waals surface area contributed by atoms with Crippen LogP contribution in [0.2, 0.25) is 5.02 Å². The van der Waals surface area contributed by atoms with Crippen molar-refractivity contribution in [3.63, 3.8) is 0 Å². The van der Waals surface area contributed by atoms with Crippen molar-refractivity contribution in [1.29, 1.82) is 0 Å². The molecular weight excluding hydrogens is 385 g/mol. The molecule has 0 saturated carbocycles. The number of rotatable bonds is 8. The van der Waals surface area contributed by atoms with Crippen molar-refractivity contribution in [2.24, 2.45) is 5.73 Å². The first-order valence-corrected chi connectivity index (χ1v) is 8.98. The summed E-state index contributed by atoms with van der Waals surface area (Å²) in [4.78, 5) is 36.0. The Morgan fingerprint density at radius 1 is 1.04 bits per heavy atom. The number of primary amides is 1. The fourth-order valence-corrected chi connectivity index (χ4v) is 2.95. The van der Waals surface area contributed by atoms with Crippen molar-refractivity contribution in [1.82, 2.24) is 10.6 Å². The second-order valence-electron chi connectivity index (χ2n) is 6.35. The minimum Gasteiger partial charge on any atom is -0.368 e. The number of hydrogen-bond donors (Lipinski definition) is 3. The molecule has 0 heterocycles. The third kappa shape index (κ3) is 6.35. The van der Waals surface area contributed by atoms with E-state index in [9.17, 15) is 18.8 Å². The second kappa shape index (κ2) is 9.85. The van der Waals surface area contributed by atoms with Gasteiger partial charge >= 0.3 is 0 Å². The number of benzene rings is 2. The van der Waals surface area contributed by atoms with E-state index in [1.54, 1.807) is 30.3 Å². The van der Waals surface area contributed by atoms with Gasteiger partial charge in [-0.05, 0) is 29.3 Å². The van der Waals surface area contributed by atoms with Crippen molar-refractivity contribution in [3.05, 3.63) is 70.5 Å². The summed E-state index contributed by atoms with van der Waals surface area (Å²) in [6.07, 6.45) is 0.0643. The molecule has 2 atom stereocenters. The van der Waals surface area contributed by atoms with E-state index < -0.39 is 35.6 Å². The number of amides is 3. The van der Waals surface area contributed by atoms with Gasteiger partial charge in [0.2, 0.25) is 17.7 Å². The zero-order chi connectivity index (χ0) is 20.7. The maximum absolute atomic E-state index is 13.9. The van der Waals surface area contributed by atoms with Crippen LogP contribution in [-0.4, -0.2) is 29.8 Å². The fourth-order valence-electron chi connectivity index (χ4n) is 2.73. The van der Waals surface area contributed by atoms with Gasteiger partial charge in [0.05, 0.1) is 0 Å². The van der Waals surface area contributed by atoms with Crippen LogP contribution in [0.5, 0.6) is 0 Å². The first-order chi connectivity index (χ1) is 13.3. The van der Waals surface area contributed by atoms with Gasteiger partial charge in [-0.25, -0.2) is 4.39 Å². The van der Waals surface area contributed by atoms with E-state index in [2.05, 4.69) is 10.6 Å². The fraction of sp³-hybridized carbons (Fsp3) is 0.250. The lowest BCUT2D eigenvalue weighted by molar-refractivity contribution is -0.130. The molecule has 0 aromatic heterocycles. The molecule has 0 unspecified atom stereocenters.